The lowest BCUT2D eigenvalue weighted by Gasteiger charge is -2.07. The first kappa shape index (κ1) is 12.4. The van der Waals surface area contributed by atoms with Crippen LogP contribution in [0.1, 0.15) is 5.56 Å². The van der Waals surface area contributed by atoms with Crippen molar-refractivity contribution in [2.24, 2.45) is 0 Å². The number of anilines is 1. The van der Waals surface area contributed by atoms with Crippen LogP contribution in [0.3, 0.4) is 0 Å². The Hall–Kier alpha value is -1.65. The molecule has 0 aliphatic heterocycles. The SMILES string of the molecule is Fc1ccc(CNc2ccc3ncsc3c2)cc1Cl. The molecule has 0 spiro atoms. The molecule has 0 saturated carbocycles. The fourth-order valence-corrected chi connectivity index (χ4v) is 2.74. The van der Waals surface area contributed by atoms with Gasteiger partial charge in [-0.25, -0.2) is 9.37 Å². The van der Waals surface area contributed by atoms with Gasteiger partial charge in [-0.1, -0.05) is 17.7 Å². The van der Waals surface area contributed by atoms with Gasteiger partial charge in [-0.3, -0.25) is 0 Å². The van der Waals surface area contributed by atoms with Crippen molar-refractivity contribution in [2.75, 3.05) is 5.32 Å². The second-order valence-electron chi connectivity index (χ2n) is 4.14. The van der Waals surface area contributed by atoms with E-state index in [2.05, 4.69) is 16.4 Å². The quantitative estimate of drug-likeness (QED) is 0.757. The number of hydrogen-bond acceptors (Lipinski definition) is 3. The van der Waals surface area contributed by atoms with Crippen LogP contribution in [0.25, 0.3) is 10.2 Å². The maximum Gasteiger partial charge on any atom is 0.141 e. The third kappa shape index (κ3) is 2.69. The molecule has 0 fully saturated rings. The average molecular weight is 293 g/mol. The van der Waals surface area contributed by atoms with Crippen LogP contribution in [0, 0.1) is 5.82 Å². The van der Waals surface area contributed by atoms with Gasteiger partial charge in [0, 0.05) is 12.2 Å². The Bertz CT molecular complexity index is 726. The van der Waals surface area contributed by atoms with Crippen LogP contribution in [0.15, 0.2) is 41.9 Å². The molecule has 2 nitrogen and oxygen atoms in total. The summed E-state index contributed by atoms with van der Waals surface area (Å²) in [5.74, 6) is -0.392. The van der Waals surface area contributed by atoms with Crippen LogP contribution >= 0.6 is 22.9 Å². The zero-order chi connectivity index (χ0) is 13.2. The minimum absolute atomic E-state index is 0.150. The number of halogens is 2. The normalized spacial score (nSPS) is 10.8. The van der Waals surface area contributed by atoms with E-state index < -0.39 is 5.82 Å². The predicted octanol–water partition coefficient (Wildman–Crippen LogP) is 4.70. The Balaban J connectivity index is 1.75. The lowest BCUT2D eigenvalue weighted by Crippen LogP contribution is -1.99. The summed E-state index contributed by atoms with van der Waals surface area (Å²) < 4.78 is 14.2. The van der Waals surface area contributed by atoms with Crippen molar-refractivity contribution >= 4 is 38.8 Å². The highest BCUT2D eigenvalue weighted by molar-refractivity contribution is 7.16. The minimum Gasteiger partial charge on any atom is -0.381 e. The van der Waals surface area contributed by atoms with Crippen LogP contribution in [0.5, 0.6) is 0 Å². The van der Waals surface area contributed by atoms with Crippen molar-refractivity contribution < 1.29 is 4.39 Å². The molecule has 3 aromatic rings. The van der Waals surface area contributed by atoms with Gasteiger partial charge in [-0.05, 0) is 35.9 Å². The maximum absolute atomic E-state index is 13.0. The van der Waals surface area contributed by atoms with Crippen LogP contribution in [0.4, 0.5) is 10.1 Å². The summed E-state index contributed by atoms with van der Waals surface area (Å²) in [4.78, 5) is 4.23. The monoisotopic (exact) mass is 292 g/mol. The molecule has 1 N–H and O–H groups in total. The Morgan fingerprint density at radius 2 is 2.11 bits per heavy atom. The van der Waals surface area contributed by atoms with Gasteiger partial charge in [0.2, 0.25) is 0 Å². The van der Waals surface area contributed by atoms with Gasteiger partial charge < -0.3 is 5.32 Å². The van der Waals surface area contributed by atoms with E-state index in [-0.39, 0.29) is 5.02 Å². The number of thiazole rings is 1. The molecule has 1 aromatic heterocycles. The topological polar surface area (TPSA) is 24.9 Å². The van der Waals surface area contributed by atoms with Gasteiger partial charge in [0.15, 0.2) is 0 Å². The molecular weight excluding hydrogens is 283 g/mol. The molecule has 96 valence electrons. The smallest absolute Gasteiger partial charge is 0.141 e. The van der Waals surface area contributed by atoms with Crippen molar-refractivity contribution in [3.8, 4) is 0 Å². The first-order valence-corrected chi connectivity index (χ1v) is 6.99. The molecule has 3 rings (SSSR count). The Kier molecular flexibility index (Phi) is 3.36. The fraction of sp³-hybridized carbons (Fsp3) is 0.0714. The maximum atomic E-state index is 13.0. The third-order valence-corrected chi connectivity index (χ3v) is 3.89. The number of benzene rings is 2. The Morgan fingerprint density at radius 1 is 1.21 bits per heavy atom. The summed E-state index contributed by atoms with van der Waals surface area (Å²) in [6.45, 7) is 0.601. The van der Waals surface area contributed by atoms with Crippen LogP contribution in [-0.2, 0) is 6.54 Å². The summed E-state index contributed by atoms with van der Waals surface area (Å²) >= 11 is 7.36. The summed E-state index contributed by atoms with van der Waals surface area (Å²) in [5, 5.41) is 3.44. The number of nitrogens with one attached hydrogen (secondary N) is 1. The number of aromatic nitrogens is 1. The van der Waals surface area contributed by atoms with Crippen molar-refractivity contribution in [2.45, 2.75) is 6.54 Å². The van der Waals surface area contributed by atoms with Crippen molar-refractivity contribution in [3.63, 3.8) is 0 Å². The van der Waals surface area contributed by atoms with E-state index in [1.54, 1.807) is 23.5 Å². The molecule has 0 saturated heterocycles. The van der Waals surface area contributed by atoms with Crippen molar-refractivity contribution in [1.29, 1.82) is 0 Å². The number of fused-ring (bicyclic) bond motifs is 1. The lowest BCUT2D eigenvalue weighted by molar-refractivity contribution is 0.627. The molecule has 2 aromatic carbocycles. The fourth-order valence-electron chi connectivity index (χ4n) is 1.82. The summed E-state index contributed by atoms with van der Waals surface area (Å²) in [6, 6.07) is 10.7. The highest BCUT2D eigenvalue weighted by atomic mass is 35.5. The van der Waals surface area contributed by atoms with Crippen molar-refractivity contribution in [1.82, 2.24) is 4.98 Å². The van der Waals surface area contributed by atoms with Gasteiger partial charge in [0.1, 0.15) is 5.82 Å². The highest BCUT2D eigenvalue weighted by Gasteiger charge is 2.02. The van der Waals surface area contributed by atoms with E-state index in [0.717, 1.165) is 21.5 Å². The molecule has 1 heterocycles. The van der Waals surface area contributed by atoms with Crippen LogP contribution in [0.2, 0.25) is 5.02 Å². The molecule has 19 heavy (non-hydrogen) atoms. The van der Waals surface area contributed by atoms with Gasteiger partial charge in [-0.15, -0.1) is 11.3 Å². The van der Waals surface area contributed by atoms with E-state index in [1.807, 2.05) is 17.6 Å². The zero-order valence-electron chi connectivity index (χ0n) is 9.86. The minimum atomic E-state index is -0.392. The molecule has 0 amide bonds. The van der Waals surface area contributed by atoms with E-state index >= 15 is 0 Å². The summed E-state index contributed by atoms with van der Waals surface area (Å²) in [5.41, 5.74) is 4.78. The van der Waals surface area contributed by atoms with Gasteiger partial charge >= 0.3 is 0 Å². The van der Waals surface area contributed by atoms with E-state index in [1.165, 1.54) is 6.07 Å². The van der Waals surface area contributed by atoms with Crippen LogP contribution in [-0.4, -0.2) is 4.98 Å². The number of hydrogen-bond donors (Lipinski definition) is 1. The van der Waals surface area contributed by atoms with E-state index in [4.69, 9.17) is 11.6 Å². The molecular formula is C14H10ClFN2S. The van der Waals surface area contributed by atoms with E-state index in [0.29, 0.717) is 6.54 Å². The second-order valence-corrected chi connectivity index (χ2v) is 5.43. The standard InChI is InChI=1S/C14H10ClFN2S/c15-11-5-9(1-3-12(11)16)7-17-10-2-4-13-14(6-10)19-8-18-13/h1-6,8,17H,7H2. The first-order chi connectivity index (χ1) is 9.22. The second kappa shape index (κ2) is 5.15. The third-order valence-electron chi connectivity index (χ3n) is 2.81. The zero-order valence-corrected chi connectivity index (χ0v) is 11.4. The summed E-state index contributed by atoms with van der Waals surface area (Å²) in [7, 11) is 0. The first-order valence-electron chi connectivity index (χ1n) is 5.73. The van der Waals surface area contributed by atoms with E-state index in [9.17, 15) is 4.39 Å². The highest BCUT2D eigenvalue weighted by Crippen LogP contribution is 2.22. The summed E-state index contributed by atoms with van der Waals surface area (Å²) in [6.07, 6.45) is 0. The molecule has 0 bridgehead atoms. The molecule has 0 atom stereocenters. The average Bonchev–Trinajstić information content (AvgIpc) is 2.87. The van der Waals surface area contributed by atoms with Gasteiger partial charge in [0.25, 0.3) is 0 Å². The molecule has 0 aliphatic rings. The van der Waals surface area contributed by atoms with Crippen molar-refractivity contribution in [3.05, 3.63) is 58.3 Å². The lowest BCUT2D eigenvalue weighted by atomic mass is 10.2. The Labute approximate surface area is 118 Å². The molecule has 0 aliphatic carbocycles. The molecule has 5 heteroatoms. The van der Waals surface area contributed by atoms with Gasteiger partial charge in [-0.2, -0.15) is 0 Å². The number of rotatable bonds is 3. The largest absolute Gasteiger partial charge is 0.381 e. The molecule has 0 unspecified atom stereocenters. The Morgan fingerprint density at radius 3 is 2.95 bits per heavy atom. The predicted molar refractivity (Wildman–Crippen MR) is 78.4 cm³/mol. The molecule has 0 radical (unpaired) electrons. The number of nitrogens with zero attached hydrogens (tertiary/aromatic N) is 1. The van der Waals surface area contributed by atoms with Gasteiger partial charge in [0.05, 0.1) is 20.7 Å². The van der Waals surface area contributed by atoms with Crippen LogP contribution < -0.4 is 5.32 Å².